The summed E-state index contributed by atoms with van der Waals surface area (Å²) in [6, 6.07) is 32.5. The van der Waals surface area contributed by atoms with Gasteiger partial charge in [-0.05, 0) is 67.2 Å². The number of fused-ring (bicyclic) bond motifs is 2. The van der Waals surface area contributed by atoms with E-state index in [2.05, 4.69) is 108 Å². The zero-order chi connectivity index (χ0) is 33.6. The fourth-order valence-electron chi connectivity index (χ4n) is 8.09. The first-order valence-electron chi connectivity index (χ1n) is 18.0. The normalized spacial score (nSPS) is 20.1. The van der Waals surface area contributed by atoms with Crippen molar-refractivity contribution in [3.63, 3.8) is 0 Å². The van der Waals surface area contributed by atoms with Gasteiger partial charge in [0.25, 0.3) is 0 Å². The fourth-order valence-corrected chi connectivity index (χ4v) is 8.09. The monoisotopic (exact) mass is 652 g/mol. The van der Waals surface area contributed by atoms with Crippen molar-refractivity contribution in [1.29, 1.82) is 0 Å². The van der Waals surface area contributed by atoms with E-state index < -0.39 is 0 Å². The zero-order valence-electron chi connectivity index (χ0n) is 28.7. The van der Waals surface area contributed by atoms with E-state index in [0.717, 1.165) is 51.9 Å². The lowest BCUT2D eigenvalue weighted by atomic mass is 9.90. The van der Waals surface area contributed by atoms with Crippen molar-refractivity contribution in [2.24, 2.45) is 0 Å². The molecule has 0 aliphatic carbocycles. The lowest BCUT2D eigenvalue weighted by molar-refractivity contribution is 0.0400. The van der Waals surface area contributed by atoms with Crippen molar-refractivity contribution in [2.75, 3.05) is 26.2 Å². The van der Waals surface area contributed by atoms with Crippen molar-refractivity contribution in [2.45, 2.75) is 69.7 Å². The number of nitrogens with zero attached hydrogens (tertiary/aromatic N) is 4. The summed E-state index contributed by atoms with van der Waals surface area (Å²) in [7, 11) is 0. The molecule has 2 fully saturated rings. The fraction of sp³-hybridized carbons (Fsp3) is 0.349. The molecule has 1 aromatic heterocycles. The first kappa shape index (κ1) is 33.0. The Hall–Kier alpha value is -4.52. The van der Waals surface area contributed by atoms with Crippen molar-refractivity contribution >= 4 is 21.5 Å². The molecule has 4 aromatic carbocycles. The molecule has 0 amide bonds. The molecule has 0 N–H and O–H groups in total. The van der Waals surface area contributed by atoms with E-state index in [-0.39, 0.29) is 24.3 Å². The van der Waals surface area contributed by atoms with Gasteiger partial charge in [0.1, 0.15) is 18.0 Å². The van der Waals surface area contributed by atoms with Gasteiger partial charge in [0, 0.05) is 24.2 Å². The second kappa shape index (κ2) is 15.4. The van der Waals surface area contributed by atoms with Crippen LogP contribution in [0.25, 0.3) is 21.5 Å². The Kier molecular flexibility index (Phi) is 10.3. The van der Waals surface area contributed by atoms with E-state index in [1.54, 1.807) is 0 Å². The highest BCUT2D eigenvalue weighted by atomic mass is 16.5. The minimum Gasteiger partial charge on any atom is -0.468 e. The number of likely N-dealkylation sites (tertiary alicyclic amines) is 2. The smallest absolute Gasteiger partial charge is 0.221 e. The molecule has 4 atom stereocenters. The predicted molar refractivity (Wildman–Crippen MR) is 200 cm³/mol. The Morgan fingerprint density at radius 1 is 0.653 bits per heavy atom. The maximum atomic E-state index is 7.08. The second-order valence-corrected chi connectivity index (χ2v) is 13.5. The summed E-state index contributed by atoms with van der Waals surface area (Å²) in [6.07, 6.45) is 10.3. The van der Waals surface area contributed by atoms with Crippen molar-refractivity contribution in [3.8, 4) is 11.8 Å². The number of ether oxygens (including phenoxy) is 2. The molecule has 6 nitrogen and oxygen atoms in total. The number of benzene rings is 4. The molecule has 2 aliphatic heterocycles. The van der Waals surface area contributed by atoms with Gasteiger partial charge in [-0.25, -0.2) is 0 Å². The molecule has 0 bridgehead atoms. The van der Waals surface area contributed by atoms with E-state index in [4.69, 9.17) is 19.4 Å². The first-order chi connectivity index (χ1) is 24.1. The van der Waals surface area contributed by atoms with E-state index in [0.29, 0.717) is 17.6 Å². The van der Waals surface area contributed by atoms with Crippen LogP contribution in [-0.4, -0.2) is 58.0 Å². The van der Waals surface area contributed by atoms with E-state index in [9.17, 15) is 0 Å². The summed E-state index contributed by atoms with van der Waals surface area (Å²) in [4.78, 5) is 14.7. The van der Waals surface area contributed by atoms with E-state index >= 15 is 0 Å². The van der Waals surface area contributed by atoms with Crippen LogP contribution in [0.2, 0.25) is 0 Å². The summed E-state index contributed by atoms with van der Waals surface area (Å²) in [5.74, 6) is 1.69. The zero-order valence-corrected chi connectivity index (χ0v) is 28.7. The van der Waals surface area contributed by atoms with Crippen LogP contribution in [0.5, 0.6) is 11.8 Å². The minimum atomic E-state index is -0.233. The van der Waals surface area contributed by atoms with Crippen molar-refractivity contribution < 1.29 is 9.47 Å². The maximum Gasteiger partial charge on any atom is 0.221 e. The number of aromatic nitrogens is 2. The molecule has 3 heterocycles. The number of hydrogen-bond donors (Lipinski definition) is 0. The molecule has 49 heavy (non-hydrogen) atoms. The van der Waals surface area contributed by atoms with Gasteiger partial charge in [0.2, 0.25) is 11.8 Å². The first-order valence-corrected chi connectivity index (χ1v) is 18.0. The molecule has 252 valence electrons. The quantitative estimate of drug-likeness (QED) is 0.125. The van der Waals surface area contributed by atoms with E-state index in [1.165, 1.54) is 45.5 Å². The van der Waals surface area contributed by atoms with Gasteiger partial charge in [-0.1, -0.05) is 110 Å². The molecular weight excluding hydrogens is 604 g/mol. The van der Waals surface area contributed by atoms with Gasteiger partial charge >= 0.3 is 0 Å². The van der Waals surface area contributed by atoms with Gasteiger partial charge in [-0.3, -0.25) is 9.80 Å². The standard InChI is InChI=1S/C43H48N4O2/c1-4-26-46-28-12-10-24-38(46)42(36-22-14-18-32-16-6-8-20-34(32)36)48-40-30-41(45-31(3)44-40)49-43(39-25-11-13-29-47(39)27-5-2)37-23-15-19-33-17-7-9-21-35(33)37/h4-9,14-23,30,38-39,42-43H,1-2,10-13,24-29H2,3H3/t38-,39-,42?,43?/m0/s1. The van der Waals surface area contributed by atoms with Crippen LogP contribution in [0.1, 0.15) is 67.7 Å². The van der Waals surface area contributed by atoms with Gasteiger partial charge < -0.3 is 9.47 Å². The van der Waals surface area contributed by atoms with Crippen LogP contribution in [0, 0.1) is 6.92 Å². The highest BCUT2D eigenvalue weighted by Gasteiger charge is 2.35. The molecular formula is C43H48N4O2. The summed E-state index contributed by atoms with van der Waals surface area (Å²) < 4.78 is 14.2. The van der Waals surface area contributed by atoms with Crippen LogP contribution in [0.3, 0.4) is 0 Å². The Bertz CT molecular complexity index is 1760. The third kappa shape index (κ3) is 7.26. The average molecular weight is 653 g/mol. The second-order valence-electron chi connectivity index (χ2n) is 13.5. The molecule has 7 rings (SSSR count). The molecule has 6 heteroatoms. The minimum absolute atomic E-state index is 0.176. The Morgan fingerprint density at radius 3 is 1.57 bits per heavy atom. The van der Waals surface area contributed by atoms with Crippen molar-refractivity contribution in [1.82, 2.24) is 19.8 Å². The maximum absolute atomic E-state index is 7.08. The van der Waals surface area contributed by atoms with E-state index in [1.807, 2.05) is 25.1 Å². The lowest BCUT2D eigenvalue weighted by Crippen LogP contribution is -2.45. The lowest BCUT2D eigenvalue weighted by Gasteiger charge is -2.40. The highest BCUT2D eigenvalue weighted by molar-refractivity contribution is 5.87. The molecule has 5 aromatic rings. The third-order valence-electron chi connectivity index (χ3n) is 10.3. The summed E-state index contributed by atoms with van der Waals surface area (Å²) in [5.41, 5.74) is 2.35. The number of rotatable bonds is 12. The number of hydrogen-bond acceptors (Lipinski definition) is 6. The largest absolute Gasteiger partial charge is 0.468 e. The van der Waals surface area contributed by atoms with Crippen LogP contribution in [-0.2, 0) is 0 Å². The molecule has 0 saturated carbocycles. The third-order valence-corrected chi connectivity index (χ3v) is 10.3. The van der Waals surface area contributed by atoms with Crippen LogP contribution < -0.4 is 9.47 Å². The molecule has 0 spiro atoms. The molecule has 0 radical (unpaired) electrons. The highest BCUT2D eigenvalue weighted by Crippen LogP contribution is 2.39. The number of piperidine rings is 2. The van der Waals surface area contributed by atoms with Crippen LogP contribution in [0.4, 0.5) is 0 Å². The molecule has 2 saturated heterocycles. The van der Waals surface area contributed by atoms with Crippen LogP contribution >= 0.6 is 0 Å². The number of aryl methyl sites for hydroxylation is 1. The Balaban J connectivity index is 1.28. The predicted octanol–water partition coefficient (Wildman–Crippen LogP) is 9.41. The summed E-state index contributed by atoms with van der Waals surface area (Å²) in [6.45, 7) is 13.8. The van der Waals surface area contributed by atoms with Crippen molar-refractivity contribution in [3.05, 3.63) is 133 Å². The summed E-state index contributed by atoms with van der Waals surface area (Å²) in [5, 5.41) is 4.82. The topological polar surface area (TPSA) is 50.7 Å². The average Bonchev–Trinajstić information content (AvgIpc) is 3.13. The van der Waals surface area contributed by atoms with Crippen LogP contribution in [0.15, 0.2) is 116 Å². The van der Waals surface area contributed by atoms with Gasteiger partial charge in [0.15, 0.2) is 0 Å². The Labute approximate surface area is 291 Å². The van der Waals surface area contributed by atoms with Gasteiger partial charge in [-0.15, -0.1) is 13.2 Å². The summed E-state index contributed by atoms with van der Waals surface area (Å²) >= 11 is 0. The molecule has 2 unspecified atom stereocenters. The Morgan fingerprint density at radius 2 is 1.10 bits per heavy atom. The van der Waals surface area contributed by atoms with Gasteiger partial charge in [-0.2, -0.15) is 9.97 Å². The SMILES string of the molecule is C=CCN1CCCC[C@H]1C(Oc1cc(OC(c2cccc3ccccc23)[C@@H]2CCCCN2CC=C)nc(C)n1)c1cccc2ccccc12. The molecule has 2 aliphatic rings. The van der Waals surface area contributed by atoms with Gasteiger partial charge in [0.05, 0.1) is 18.2 Å².